The summed E-state index contributed by atoms with van der Waals surface area (Å²) in [5.74, 6) is -0.493. The molecule has 24 heavy (non-hydrogen) atoms. The molecule has 0 fully saturated rings. The van der Waals surface area contributed by atoms with E-state index in [0.717, 1.165) is 11.2 Å². The average Bonchev–Trinajstić information content (AvgIpc) is 2.61. The first-order valence-corrected chi connectivity index (χ1v) is 7.92. The van der Waals surface area contributed by atoms with E-state index in [9.17, 15) is 9.59 Å². The zero-order chi connectivity index (χ0) is 17.1. The van der Waals surface area contributed by atoms with Crippen molar-refractivity contribution < 1.29 is 4.79 Å². The molecular formula is C18H16ClN3O2. The molecule has 0 aliphatic heterocycles. The van der Waals surface area contributed by atoms with E-state index < -0.39 is 5.91 Å². The van der Waals surface area contributed by atoms with Crippen LogP contribution in [0.1, 0.15) is 17.3 Å². The number of nitrogens with one attached hydrogen (secondary N) is 2. The van der Waals surface area contributed by atoms with Crippen molar-refractivity contribution in [2.75, 3.05) is 5.43 Å². The van der Waals surface area contributed by atoms with Crippen LogP contribution in [0.4, 0.5) is 5.69 Å². The highest BCUT2D eigenvalue weighted by atomic mass is 35.5. The Kier molecular flexibility index (Phi) is 4.53. The summed E-state index contributed by atoms with van der Waals surface area (Å²) in [7, 11) is 0. The average molecular weight is 342 g/mol. The van der Waals surface area contributed by atoms with Crippen molar-refractivity contribution in [1.82, 2.24) is 9.99 Å². The lowest BCUT2D eigenvalue weighted by Gasteiger charge is -2.13. The van der Waals surface area contributed by atoms with Gasteiger partial charge in [0, 0.05) is 23.2 Å². The number of nitrogens with zero attached hydrogens (tertiary/aromatic N) is 1. The number of hydrazine groups is 1. The first-order chi connectivity index (χ1) is 11.6. The molecule has 3 aromatic rings. The van der Waals surface area contributed by atoms with Crippen LogP contribution in [0, 0.1) is 0 Å². The highest BCUT2D eigenvalue weighted by Gasteiger charge is 2.15. The zero-order valence-corrected chi connectivity index (χ0v) is 13.8. The largest absolute Gasteiger partial charge is 0.347 e. The van der Waals surface area contributed by atoms with Gasteiger partial charge in [0.05, 0.1) is 11.2 Å². The number of amides is 1. The zero-order valence-electron chi connectivity index (χ0n) is 13.0. The molecule has 3 rings (SSSR count). The number of fused-ring (bicyclic) bond motifs is 1. The lowest BCUT2D eigenvalue weighted by molar-refractivity contribution is 0.0961. The lowest BCUT2D eigenvalue weighted by Crippen LogP contribution is -2.33. The van der Waals surface area contributed by atoms with Gasteiger partial charge >= 0.3 is 0 Å². The second kappa shape index (κ2) is 6.76. The van der Waals surface area contributed by atoms with Gasteiger partial charge in [0.25, 0.3) is 5.91 Å². The maximum absolute atomic E-state index is 12.6. The molecule has 0 aliphatic rings. The van der Waals surface area contributed by atoms with E-state index in [0.29, 0.717) is 17.0 Å². The molecule has 2 aromatic carbocycles. The molecular weight excluding hydrogens is 326 g/mol. The van der Waals surface area contributed by atoms with E-state index in [4.69, 9.17) is 11.6 Å². The van der Waals surface area contributed by atoms with Gasteiger partial charge in [-0.2, -0.15) is 0 Å². The number of anilines is 1. The summed E-state index contributed by atoms with van der Waals surface area (Å²) in [6.45, 7) is 2.58. The Morgan fingerprint density at radius 3 is 2.62 bits per heavy atom. The number of aryl methyl sites for hydroxylation is 1. The van der Waals surface area contributed by atoms with Gasteiger partial charge in [-0.1, -0.05) is 29.8 Å². The van der Waals surface area contributed by atoms with E-state index in [1.807, 2.05) is 41.8 Å². The van der Waals surface area contributed by atoms with Gasteiger partial charge in [0.2, 0.25) is 5.43 Å². The number of hydrogen-bond donors (Lipinski definition) is 2. The highest BCUT2D eigenvalue weighted by Crippen LogP contribution is 2.17. The van der Waals surface area contributed by atoms with Gasteiger partial charge < -0.3 is 4.57 Å². The van der Waals surface area contributed by atoms with Gasteiger partial charge in [-0.15, -0.1) is 0 Å². The fourth-order valence-electron chi connectivity index (χ4n) is 2.51. The van der Waals surface area contributed by atoms with Gasteiger partial charge in [-0.05, 0) is 37.3 Å². The molecule has 2 N–H and O–H groups in total. The molecule has 0 aliphatic carbocycles. The van der Waals surface area contributed by atoms with Crippen LogP contribution in [0.3, 0.4) is 0 Å². The Bertz CT molecular complexity index is 952. The summed E-state index contributed by atoms with van der Waals surface area (Å²) in [5.41, 5.74) is 6.54. The standard InChI is InChI=1S/C18H16ClN3O2/c1-2-22-11-15(17(23)14-10-12(19)8-9-16(14)22)18(24)21-20-13-6-4-3-5-7-13/h3-11,20H,2H2,1H3,(H,21,24). The molecule has 1 aromatic heterocycles. The lowest BCUT2D eigenvalue weighted by atomic mass is 10.1. The van der Waals surface area contributed by atoms with Crippen LogP contribution in [-0.2, 0) is 6.54 Å². The van der Waals surface area contributed by atoms with E-state index in [1.54, 1.807) is 24.4 Å². The van der Waals surface area contributed by atoms with Crippen molar-refractivity contribution in [3.05, 3.63) is 75.5 Å². The summed E-state index contributed by atoms with van der Waals surface area (Å²) in [5, 5.41) is 0.888. The van der Waals surface area contributed by atoms with Gasteiger partial charge in [-0.3, -0.25) is 20.4 Å². The number of halogens is 1. The fourth-order valence-corrected chi connectivity index (χ4v) is 2.68. The van der Waals surface area contributed by atoms with Gasteiger partial charge in [0.15, 0.2) is 0 Å². The Morgan fingerprint density at radius 2 is 1.92 bits per heavy atom. The molecule has 1 heterocycles. The molecule has 0 atom stereocenters. The number of hydrogen-bond acceptors (Lipinski definition) is 3. The third kappa shape index (κ3) is 3.12. The predicted molar refractivity (Wildman–Crippen MR) is 96.4 cm³/mol. The Labute approximate surface area is 143 Å². The van der Waals surface area contributed by atoms with E-state index in [2.05, 4.69) is 10.9 Å². The molecule has 0 saturated heterocycles. The first kappa shape index (κ1) is 16.1. The smallest absolute Gasteiger partial charge is 0.275 e. The minimum atomic E-state index is -0.493. The first-order valence-electron chi connectivity index (χ1n) is 7.54. The summed E-state index contributed by atoms with van der Waals surface area (Å²) in [4.78, 5) is 25.1. The number of benzene rings is 2. The third-order valence-electron chi connectivity index (χ3n) is 3.72. The van der Waals surface area contributed by atoms with Crippen molar-refractivity contribution >= 4 is 34.1 Å². The quantitative estimate of drug-likeness (QED) is 0.715. The molecule has 1 amide bonds. The second-order valence-electron chi connectivity index (χ2n) is 5.26. The van der Waals surface area contributed by atoms with Gasteiger partial charge in [0.1, 0.15) is 5.56 Å². The van der Waals surface area contributed by atoms with Crippen molar-refractivity contribution in [1.29, 1.82) is 0 Å². The topological polar surface area (TPSA) is 63.1 Å². The van der Waals surface area contributed by atoms with Crippen LogP contribution < -0.4 is 16.3 Å². The number of para-hydroxylation sites is 1. The Hall–Kier alpha value is -2.79. The molecule has 122 valence electrons. The Balaban J connectivity index is 1.98. The van der Waals surface area contributed by atoms with Crippen LogP contribution in [-0.4, -0.2) is 10.5 Å². The number of carbonyl (C=O) groups is 1. The number of carbonyl (C=O) groups excluding carboxylic acids is 1. The number of pyridine rings is 1. The fraction of sp³-hybridized carbons (Fsp3) is 0.111. The summed E-state index contributed by atoms with van der Waals surface area (Å²) in [6, 6.07) is 14.3. The van der Waals surface area contributed by atoms with Crippen LogP contribution >= 0.6 is 11.6 Å². The molecule has 6 heteroatoms. The molecule has 5 nitrogen and oxygen atoms in total. The van der Waals surface area contributed by atoms with Crippen molar-refractivity contribution in [2.45, 2.75) is 13.5 Å². The van der Waals surface area contributed by atoms with Crippen molar-refractivity contribution in [3.8, 4) is 0 Å². The number of rotatable bonds is 4. The highest BCUT2D eigenvalue weighted by molar-refractivity contribution is 6.31. The van der Waals surface area contributed by atoms with Crippen LogP contribution in [0.25, 0.3) is 10.9 Å². The van der Waals surface area contributed by atoms with Crippen molar-refractivity contribution in [3.63, 3.8) is 0 Å². The van der Waals surface area contributed by atoms with Crippen molar-refractivity contribution in [2.24, 2.45) is 0 Å². The maximum atomic E-state index is 12.6. The summed E-state index contributed by atoms with van der Waals surface area (Å²) < 4.78 is 1.85. The van der Waals surface area contributed by atoms with E-state index in [1.165, 1.54) is 0 Å². The van der Waals surface area contributed by atoms with E-state index >= 15 is 0 Å². The predicted octanol–water partition coefficient (Wildman–Crippen LogP) is 3.43. The monoisotopic (exact) mass is 341 g/mol. The SMILES string of the molecule is CCn1cc(C(=O)NNc2ccccc2)c(=O)c2cc(Cl)ccc21. The summed E-state index contributed by atoms with van der Waals surface area (Å²) >= 11 is 6.00. The number of aromatic nitrogens is 1. The maximum Gasteiger partial charge on any atom is 0.275 e. The molecule has 0 spiro atoms. The third-order valence-corrected chi connectivity index (χ3v) is 3.96. The molecule has 0 saturated carbocycles. The van der Waals surface area contributed by atoms with Crippen LogP contribution in [0.2, 0.25) is 5.02 Å². The van der Waals surface area contributed by atoms with Gasteiger partial charge in [-0.25, -0.2) is 0 Å². The normalized spacial score (nSPS) is 10.6. The molecule has 0 radical (unpaired) electrons. The second-order valence-corrected chi connectivity index (χ2v) is 5.70. The van der Waals surface area contributed by atoms with Crippen LogP contribution in [0.5, 0.6) is 0 Å². The minimum Gasteiger partial charge on any atom is -0.347 e. The summed E-state index contributed by atoms with van der Waals surface area (Å²) in [6.07, 6.45) is 1.57. The minimum absolute atomic E-state index is 0.0649. The molecule has 0 unspecified atom stereocenters. The van der Waals surface area contributed by atoms with E-state index in [-0.39, 0.29) is 11.0 Å². The van der Waals surface area contributed by atoms with Crippen LogP contribution in [0.15, 0.2) is 59.5 Å². The molecule has 0 bridgehead atoms. The Morgan fingerprint density at radius 1 is 1.17 bits per heavy atom.